The van der Waals surface area contributed by atoms with Crippen LogP contribution in [0.15, 0.2) is 46.2 Å². The zero-order valence-corrected chi connectivity index (χ0v) is 15.0. The first-order valence-corrected chi connectivity index (χ1v) is 9.88. The van der Waals surface area contributed by atoms with Gasteiger partial charge in [0.2, 0.25) is 15.9 Å². The molecule has 5 nitrogen and oxygen atoms in total. The van der Waals surface area contributed by atoms with Gasteiger partial charge >= 0.3 is 0 Å². The Morgan fingerprint density at radius 2 is 1.96 bits per heavy atom. The normalized spacial score (nSPS) is 16.7. The van der Waals surface area contributed by atoms with Crippen LogP contribution in [0.3, 0.4) is 0 Å². The van der Waals surface area contributed by atoms with Crippen LogP contribution in [0.25, 0.3) is 0 Å². The molecule has 2 aromatic rings. The van der Waals surface area contributed by atoms with Gasteiger partial charge in [-0.3, -0.25) is 4.79 Å². The fourth-order valence-corrected chi connectivity index (χ4v) is 4.48. The van der Waals surface area contributed by atoms with E-state index in [1.807, 2.05) is 31.2 Å². The Hall–Kier alpha value is -1.83. The van der Waals surface area contributed by atoms with Crippen molar-refractivity contribution in [2.75, 3.05) is 5.32 Å². The van der Waals surface area contributed by atoms with E-state index in [-0.39, 0.29) is 16.1 Å². The molecule has 2 aromatic carbocycles. The van der Waals surface area contributed by atoms with Crippen LogP contribution < -0.4 is 10.5 Å². The lowest BCUT2D eigenvalue weighted by Gasteiger charge is -2.15. The average Bonchev–Trinajstić information content (AvgIpc) is 2.94. The molecular weight excluding hydrogens is 344 g/mol. The number of hydrogen-bond acceptors (Lipinski definition) is 4. The summed E-state index contributed by atoms with van der Waals surface area (Å²) in [6, 6.07) is 10.9. The molecular formula is C17H18N2O3S2. The second kappa shape index (κ2) is 6.23. The van der Waals surface area contributed by atoms with Crippen molar-refractivity contribution >= 4 is 33.4 Å². The summed E-state index contributed by atoms with van der Waals surface area (Å²) in [6.45, 7) is 3.63. The SMILES string of the molecule is Cc1cc(S(N)(=O)=O)cc(NC(=O)C2Cc3ccccc3S2)c1C. The lowest BCUT2D eigenvalue weighted by molar-refractivity contribution is -0.115. The Bertz CT molecular complexity index is 898. The van der Waals surface area contributed by atoms with Crippen molar-refractivity contribution in [2.24, 2.45) is 5.14 Å². The van der Waals surface area contributed by atoms with Crippen LogP contribution in [-0.4, -0.2) is 19.6 Å². The maximum Gasteiger partial charge on any atom is 0.238 e. The molecule has 24 heavy (non-hydrogen) atoms. The van der Waals surface area contributed by atoms with Gasteiger partial charge in [-0.2, -0.15) is 0 Å². The highest BCUT2D eigenvalue weighted by Gasteiger charge is 2.28. The molecule has 0 bridgehead atoms. The van der Waals surface area contributed by atoms with E-state index in [0.29, 0.717) is 12.1 Å². The molecule has 0 saturated carbocycles. The Morgan fingerprint density at radius 3 is 2.62 bits per heavy atom. The number of primary sulfonamides is 1. The summed E-state index contributed by atoms with van der Waals surface area (Å²) >= 11 is 1.53. The van der Waals surface area contributed by atoms with E-state index in [4.69, 9.17) is 5.14 Å². The number of amides is 1. The van der Waals surface area contributed by atoms with Crippen LogP contribution in [0.1, 0.15) is 16.7 Å². The maximum absolute atomic E-state index is 12.6. The molecule has 1 unspecified atom stereocenters. The molecule has 1 heterocycles. The predicted molar refractivity (Wildman–Crippen MR) is 95.7 cm³/mol. The van der Waals surface area contributed by atoms with Crippen LogP contribution in [0.2, 0.25) is 0 Å². The Balaban J connectivity index is 1.84. The lowest BCUT2D eigenvalue weighted by atomic mass is 10.1. The number of benzene rings is 2. The van der Waals surface area contributed by atoms with Crippen LogP contribution in [-0.2, 0) is 21.2 Å². The van der Waals surface area contributed by atoms with Crippen LogP contribution in [0.5, 0.6) is 0 Å². The summed E-state index contributed by atoms with van der Waals surface area (Å²) in [5, 5.41) is 7.85. The minimum absolute atomic E-state index is 0.00302. The highest BCUT2D eigenvalue weighted by atomic mass is 32.2. The zero-order valence-electron chi connectivity index (χ0n) is 13.4. The largest absolute Gasteiger partial charge is 0.325 e. The smallest absolute Gasteiger partial charge is 0.238 e. The van der Waals surface area contributed by atoms with Gasteiger partial charge in [0.1, 0.15) is 0 Å². The van der Waals surface area contributed by atoms with E-state index in [2.05, 4.69) is 5.32 Å². The molecule has 0 aromatic heterocycles. The van der Waals surface area contributed by atoms with Gasteiger partial charge in [-0.15, -0.1) is 11.8 Å². The highest BCUT2D eigenvalue weighted by Crippen LogP contribution is 2.37. The van der Waals surface area contributed by atoms with Crippen molar-refractivity contribution in [3.8, 4) is 0 Å². The first-order valence-electron chi connectivity index (χ1n) is 7.45. The number of sulfonamides is 1. The zero-order chi connectivity index (χ0) is 17.5. The van der Waals surface area contributed by atoms with Crippen molar-refractivity contribution in [1.82, 2.24) is 0 Å². The molecule has 1 aliphatic heterocycles. The second-order valence-electron chi connectivity index (χ2n) is 5.87. The van der Waals surface area contributed by atoms with Gasteiger partial charge in [0.25, 0.3) is 0 Å². The summed E-state index contributed by atoms with van der Waals surface area (Å²) in [7, 11) is -3.82. The number of nitrogens with two attached hydrogens (primary N) is 1. The third-order valence-electron chi connectivity index (χ3n) is 4.17. The van der Waals surface area contributed by atoms with Crippen LogP contribution in [0, 0.1) is 13.8 Å². The van der Waals surface area contributed by atoms with Crippen molar-refractivity contribution in [1.29, 1.82) is 0 Å². The molecule has 0 aliphatic carbocycles. The van der Waals surface area contributed by atoms with E-state index < -0.39 is 10.0 Å². The van der Waals surface area contributed by atoms with E-state index in [1.165, 1.54) is 23.9 Å². The fraction of sp³-hybridized carbons (Fsp3) is 0.235. The molecule has 1 amide bonds. The Labute approximate surface area is 145 Å². The molecule has 0 spiro atoms. The van der Waals surface area contributed by atoms with Gasteiger partial charge < -0.3 is 5.32 Å². The van der Waals surface area contributed by atoms with Gasteiger partial charge in [-0.25, -0.2) is 13.6 Å². The van der Waals surface area contributed by atoms with Crippen molar-refractivity contribution in [2.45, 2.75) is 35.3 Å². The van der Waals surface area contributed by atoms with Gasteiger partial charge in [0, 0.05) is 10.6 Å². The molecule has 1 aliphatic rings. The van der Waals surface area contributed by atoms with Crippen molar-refractivity contribution in [3.05, 3.63) is 53.1 Å². The number of hydrogen-bond donors (Lipinski definition) is 2. The number of aryl methyl sites for hydroxylation is 1. The molecule has 126 valence electrons. The lowest BCUT2D eigenvalue weighted by Crippen LogP contribution is -2.25. The minimum atomic E-state index is -3.82. The predicted octanol–water partition coefficient (Wildman–Crippen LogP) is 2.61. The summed E-state index contributed by atoms with van der Waals surface area (Å²) in [6.07, 6.45) is 0.666. The van der Waals surface area contributed by atoms with E-state index in [9.17, 15) is 13.2 Å². The Kier molecular flexibility index (Phi) is 4.42. The molecule has 3 N–H and O–H groups in total. The average molecular weight is 362 g/mol. The van der Waals surface area contributed by atoms with E-state index in [0.717, 1.165) is 21.6 Å². The third kappa shape index (κ3) is 3.33. The number of rotatable bonds is 3. The topological polar surface area (TPSA) is 89.3 Å². The van der Waals surface area contributed by atoms with Gasteiger partial charge in [0.05, 0.1) is 10.1 Å². The Morgan fingerprint density at radius 1 is 1.25 bits per heavy atom. The van der Waals surface area contributed by atoms with Gasteiger partial charge in [-0.1, -0.05) is 18.2 Å². The summed E-state index contributed by atoms with van der Waals surface area (Å²) < 4.78 is 23.2. The molecule has 0 fully saturated rings. The van der Waals surface area contributed by atoms with Gasteiger partial charge in [-0.05, 0) is 55.2 Å². The molecule has 7 heteroatoms. The van der Waals surface area contributed by atoms with E-state index in [1.54, 1.807) is 6.92 Å². The third-order valence-corrected chi connectivity index (χ3v) is 6.38. The van der Waals surface area contributed by atoms with Crippen LogP contribution >= 0.6 is 11.8 Å². The first-order chi connectivity index (χ1) is 11.3. The maximum atomic E-state index is 12.6. The second-order valence-corrected chi connectivity index (χ2v) is 8.67. The number of thioether (sulfide) groups is 1. The number of carbonyl (C=O) groups is 1. The summed E-state index contributed by atoms with van der Waals surface area (Å²) in [4.78, 5) is 13.7. The summed E-state index contributed by atoms with van der Waals surface area (Å²) in [5.41, 5.74) is 3.24. The standard InChI is InChI=1S/C17H18N2O3S2/c1-10-7-13(24(18,21)22)9-14(11(10)2)19-17(20)16-8-12-5-3-4-6-15(12)23-16/h3-7,9,16H,8H2,1-2H3,(H,19,20)(H2,18,21,22). The quantitative estimate of drug-likeness (QED) is 0.878. The van der Waals surface area contributed by atoms with Gasteiger partial charge in [0.15, 0.2) is 0 Å². The number of fused-ring (bicyclic) bond motifs is 1. The number of carbonyl (C=O) groups excluding carboxylic acids is 1. The minimum Gasteiger partial charge on any atom is -0.325 e. The number of anilines is 1. The highest BCUT2D eigenvalue weighted by molar-refractivity contribution is 8.01. The first kappa shape index (κ1) is 17.0. The molecule has 0 radical (unpaired) electrons. The van der Waals surface area contributed by atoms with E-state index >= 15 is 0 Å². The molecule has 3 rings (SSSR count). The summed E-state index contributed by atoms with van der Waals surface area (Å²) in [5.74, 6) is -0.134. The van der Waals surface area contributed by atoms with Crippen molar-refractivity contribution < 1.29 is 13.2 Å². The fourth-order valence-electron chi connectivity index (χ4n) is 2.66. The monoisotopic (exact) mass is 362 g/mol. The molecule has 0 saturated heterocycles. The molecule has 1 atom stereocenters. The number of nitrogens with one attached hydrogen (secondary N) is 1. The van der Waals surface area contributed by atoms with Crippen LogP contribution in [0.4, 0.5) is 5.69 Å². The van der Waals surface area contributed by atoms with Crippen molar-refractivity contribution in [3.63, 3.8) is 0 Å².